The first-order chi connectivity index (χ1) is 19.4. The minimum Gasteiger partial charge on any atom is -0.400 e. The van der Waals surface area contributed by atoms with E-state index in [4.69, 9.17) is 5.11 Å². The SMILES string of the molecule is CCC(O)CCCCn1c(-c2ccc(F)cc2)c(-c2ccccc2)c(C(=O)Nc2ccccc2)c1C(C)C.CO. The first-order valence-electron chi connectivity index (χ1n) is 14.0. The number of nitrogens with one attached hydrogen (secondary N) is 1. The summed E-state index contributed by atoms with van der Waals surface area (Å²) in [6, 6.07) is 26.0. The van der Waals surface area contributed by atoms with Crippen molar-refractivity contribution in [2.45, 2.75) is 65.0 Å². The van der Waals surface area contributed by atoms with E-state index in [1.54, 1.807) is 12.1 Å². The number of para-hydroxylation sites is 1. The largest absolute Gasteiger partial charge is 0.400 e. The molecule has 4 rings (SSSR count). The van der Waals surface area contributed by atoms with Gasteiger partial charge in [-0.2, -0.15) is 0 Å². The standard InChI is InChI=1S/C33H37FN2O2.CH4O/c1-4-28(37)17-11-12-22-36-31(23(2)3)30(33(38)35-27-15-9-6-10-16-27)29(24-13-7-5-8-14-24)32(36)25-18-20-26(34)21-19-25;1-2/h5-10,13-16,18-21,23,28,37H,4,11-12,17,22H2,1-3H3,(H,35,38);2H,1H3. The summed E-state index contributed by atoms with van der Waals surface area (Å²) in [5, 5.41) is 20.2. The van der Waals surface area contributed by atoms with Crippen LogP contribution in [0.2, 0.25) is 0 Å². The van der Waals surface area contributed by atoms with Gasteiger partial charge >= 0.3 is 0 Å². The summed E-state index contributed by atoms with van der Waals surface area (Å²) in [7, 11) is 1.00. The number of halogens is 1. The fourth-order valence-electron chi connectivity index (χ4n) is 5.06. The maximum atomic E-state index is 14.0. The Balaban J connectivity index is 0.00000216. The van der Waals surface area contributed by atoms with Crippen LogP contribution in [0.3, 0.4) is 0 Å². The summed E-state index contributed by atoms with van der Waals surface area (Å²) in [4.78, 5) is 14.0. The predicted octanol–water partition coefficient (Wildman–Crippen LogP) is 7.89. The Morgan fingerprint density at radius 2 is 1.48 bits per heavy atom. The first-order valence-corrected chi connectivity index (χ1v) is 14.0. The van der Waals surface area contributed by atoms with Crippen molar-refractivity contribution in [3.05, 3.63) is 102 Å². The Labute approximate surface area is 237 Å². The lowest BCUT2D eigenvalue weighted by Crippen LogP contribution is -2.16. The molecule has 40 heavy (non-hydrogen) atoms. The fraction of sp³-hybridized carbons (Fsp3) is 0.324. The van der Waals surface area contributed by atoms with E-state index in [-0.39, 0.29) is 23.7 Å². The number of anilines is 1. The van der Waals surface area contributed by atoms with Crippen molar-refractivity contribution < 1.29 is 19.4 Å². The van der Waals surface area contributed by atoms with Crippen LogP contribution in [-0.4, -0.2) is 33.9 Å². The molecule has 4 aromatic rings. The van der Waals surface area contributed by atoms with Gasteiger partial charge in [0.05, 0.1) is 17.4 Å². The Bertz CT molecular complexity index is 1330. The van der Waals surface area contributed by atoms with E-state index in [1.807, 2.05) is 67.6 Å². The molecule has 0 aliphatic heterocycles. The Hall–Kier alpha value is -3.74. The second kappa shape index (κ2) is 15.2. The number of benzene rings is 3. The zero-order chi connectivity index (χ0) is 29.1. The van der Waals surface area contributed by atoms with Gasteiger partial charge in [0.1, 0.15) is 5.82 Å². The molecule has 3 aromatic carbocycles. The van der Waals surface area contributed by atoms with Crippen LogP contribution in [0.4, 0.5) is 10.1 Å². The van der Waals surface area contributed by atoms with Gasteiger partial charge in [-0.15, -0.1) is 0 Å². The molecule has 0 bridgehead atoms. The molecule has 0 spiro atoms. The van der Waals surface area contributed by atoms with Crippen molar-refractivity contribution in [3.63, 3.8) is 0 Å². The highest BCUT2D eigenvalue weighted by Crippen LogP contribution is 2.42. The molecule has 1 unspecified atom stereocenters. The highest BCUT2D eigenvalue weighted by atomic mass is 19.1. The van der Waals surface area contributed by atoms with Crippen LogP contribution in [0.1, 0.15) is 68.4 Å². The lowest BCUT2D eigenvalue weighted by molar-refractivity contribution is 0.102. The summed E-state index contributed by atoms with van der Waals surface area (Å²) >= 11 is 0. The molecular weight excluding hydrogens is 503 g/mol. The fourth-order valence-corrected chi connectivity index (χ4v) is 5.06. The molecule has 0 saturated heterocycles. The highest BCUT2D eigenvalue weighted by molar-refractivity contribution is 6.12. The molecule has 1 amide bonds. The number of aliphatic hydroxyl groups excluding tert-OH is 2. The molecule has 0 aliphatic rings. The van der Waals surface area contributed by atoms with E-state index >= 15 is 0 Å². The second-order valence-corrected chi connectivity index (χ2v) is 10.0. The molecule has 0 aliphatic carbocycles. The topological polar surface area (TPSA) is 74.5 Å². The van der Waals surface area contributed by atoms with Gasteiger partial charge in [-0.05, 0) is 79.1 Å². The number of aliphatic hydroxyl groups is 2. The van der Waals surface area contributed by atoms with E-state index in [2.05, 4.69) is 23.7 Å². The van der Waals surface area contributed by atoms with Gasteiger partial charge in [0, 0.05) is 30.6 Å². The van der Waals surface area contributed by atoms with Crippen molar-refractivity contribution in [1.29, 1.82) is 0 Å². The monoisotopic (exact) mass is 544 g/mol. The minimum atomic E-state index is -0.298. The average molecular weight is 545 g/mol. The molecule has 1 aromatic heterocycles. The van der Waals surface area contributed by atoms with E-state index in [1.165, 1.54) is 12.1 Å². The molecular formula is C34H41FN2O3. The summed E-state index contributed by atoms with van der Waals surface area (Å²) < 4.78 is 16.2. The summed E-state index contributed by atoms with van der Waals surface area (Å²) in [5.74, 6) is -0.403. The minimum absolute atomic E-state index is 0.0596. The molecule has 1 heterocycles. The number of aromatic nitrogens is 1. The highest BCUT2D eigenvalue weighted by Gasteiger charge is 2.30. The van der Waals surface area contributed by atoms with E-state index < -0.39 is 0 Å². The van der Waals surface area contributed by atoms with E-state index in [0.29, 0.717) is 12.1 Å². The van der Waals surface area contributed by atoms with Crippen molar-refractivity contribution in [3.8, 4) is 22.4 Å². The number of hydrogen-bond acceptors (Lipinski definition) is 3. The third kappa shape index (κ3) is 7.46. The van der Waals surface area contributed by atoms with Crippen molar-refractivity contribution >= 4 is 11.6 Å². The molecule has 0 fully saturated rings. The van der Waals surface area contributed by atoms with E-state index in [9.17, 15) is 14.3 Å². The van der Waals surface area contributed by atoms with Crippen molar-refractivity contribution in [1.82, 2.24) is 4.57 Å². The van der Waals surface area contributed by atoms with Crippen LogP contribution in [-0.2, 0) is 6.54 Å². The van der Waals surface area contributed by atoms with Gasteiger partial charge in [0.15, 0.2) is 0 Å². The van der Waals surface area contributed by atoms with Gasteiger partial charge in [-0.25, -0.2) is 4.39 Å². The van der Waals surface area contributed by atoms with Crippen LogP contribution in [0.15, 0.2) is 84.9 Å². The molecule has 6 heteroatoms. The number of hydrogen-bond donors (Lipinski definition) is 3. The lowest BCUT2D eigenvalue weighted by Gasteiger charge is -2.18. The summed E-state index contributed by atoms with van der Waals surface area (Å²) in [6.45, 7) is 6.89. The van der Waals surface area contributed by atoms with E-state index in [0.717, 1.165) is 66.6 Å². The van der Waals surface area contributed by atoms with Crippen LogP contribution >= 0.6 is 0 Å². The summed E-state index contributed by atoms with van der Waals surface area (Å²) in [5.41, 5.74) is 5.88. The molecule has 212 valence electrons. The molecule has 0 radical (unpaired) electrons. The predicted molar refractivity (Wildman–Crippen MR) is 162 cm³/mol. The molecule has 5 nitrogen and oxygen atoms in total. The number of unbranched alkanes of at least 4 members (excludes halogenated alkanes) is 1. The Kier molecular flexibility index (Phi) is 11.7. The number of carbonyl (C=O) groups excluding carboxylic acids is 1. The van der Waals surface area contributed by atoms with Gasteiger partial charge < -0.3 is 20.1 Å². The van der Waals surface area contributed by atoms with Crippen LogP contribution in [0, 0.1) is 5.82 Å². The first kappa shape index (κ1) is 30.8. The van der Waals surface area contributed by atoms with Crippen LogP contribution < -0.4 is 5.32 Å². The third-order valence-electron chi connectivity index (χ3n) is 6.93. The molecule has 0 saturated carbocycles. The van der Waals surface area contributed by atoms with Gasteiger partial charge in [-0.3, -0.25) is 4.79 Å². The Morgan fingerprint density at radius 1 is 0.875 bits per heavy atom. The number of nitrogens with zero attached hydrogens (tertiary/aromatic N) is 1. The smallest absolute Gasteiger partial charge is 0.258 e. The van der Waals surface area contributed by atoms with Crippen molar-refractivity contribution in [2.75, 3.05) is 12.4 Å². The van der Waals surface area contributed by atoms with Gasteiger partial charge in [-0.1, -0.05) is 69.3 Å². The quantitative estimate of drug-likeness (QED) is 0.168. The normalized spacial score (nSPS) is 11.6. The van der Waals surface area contributed by atoms with Gasteiger partial charge in [0.25, 0.3) is 5.91 Å². The van der Waals surface area contributed by atoms with Crippen molar-refractivity contribution in [2.24, 2.45) is 0 Å². The maximum Gasteiger partial charge on any atom is 0.258 e. The third-order valence-corrected chi connectivity index (χ3v) is 6.93. The summed E-state index contributed by atoms with van der Waals surface area (Å²) in [6.07, 6.45) is 2.91. The molecule has 1 atom stereocenters. The zero-order valence-electron chi connectivity index (χ0n) is 23.9. The number of rotatable bonds is 11. The average Bonchev–Trinajstić information content (AvgIpc) is 3.33. The number of amides is 1. The molecule has 3 N–H and O–H groups in total. The second-order valence-electron chi connectivity index (χ2n) is 10.0. The number of carbonyl (C=O) groups is 1. The lowest BCUT2D eigenvalue weighted by atomic mass is 9.94. The zero-order valence-corrected chi connectivity index (χ0v) is 23.9. The van der Waals surface area contributed by atoms with Crippen LogP contribution in [0.5, 0.6) is 0 Å². The van der Waals surface area contributed by atoms with Crippen LogP contribution in [0.25, 0.3) is 22.4 Å². The maximum absolute atomic E-state index is 14.0. The Morgan fingerprint density at radius 3 is 2.05 bits per heavy atom. The van der Waals surface area contributed by atoms with Gasteiger partial charge in [0.2, 0.25) is 0 Å².